The van der Waals surface area contributed by atoms with Gasteiger partial charge in [0.25, 0.3) is 0 Å². The number of benzene rings is 2. The Balaban J connectivity index is 1.61. The van der Waals surface area contributed by atoms with Crippen molar-refractivity contribution in [3.05, 3.63) is 95.9 Å². The fraction of sp³-hybridized carbons (Fsp3) is 0.0952. The number of halogens is 1. The largest absolute Gasteiger partial charge is 0.350 e. The van der Waals surface area contributed by atoms with Crippen LogP contribution < -0.4 is 5.32 Å². The lowest BCUT2D eigenvalue weighted by molar-refractivity contribution is 0.627. The van der Waals surface area contributed by atoms with Crippen LogP contribution in [0.5, 0.6) is 0 Å². The molecule has 0 bridgehead atoms. The molecule has 5 nitrogen and oxygen atoms in total. The minimum absolute atomic E-state index is 0.247. The third kappa shape index (κ3) is 4.17. The van der Waals surface area contributed by atoms with Crippen molar-refractivity contribution in [2.24, 2.45) is 0 Å². The van der Waals surface area contributed by atoms with Crippen molar-refractivity contribution >= 4 is 5.95 Å². The van der Waals surface area contributed by atoms with Gasteiger partial charge in [-0.15, -0.1) is 5.10 Å². The van der Waals surface area contributed by atoms with Gasteiger partial charge in [0.15, 0.2) is 0 Å². The van der Waals surface area contributed by atoms with Crippen molar-refractivity contribution in [2.75, 3.05) is 5.32 Å². The number of hydrogen-bond acceptors (Lipinski definition) is 4. The Kier molecular flexibility index (Phi) is 4.87. The molecule has 0 spiro atoms. The quantitative estimate of drug-likeness (QED) is 0.562. The van der Waals surface area contributed by atoms with Gasteiger partial charge in [0, 0.05) is 12.7 Å². The lowest BCUT2D eigenvalue weighted by atomic mass is 10.2. The van der Waals surface area contributed by atoms with Crippen LogP contribution in [0, 0.1) is 5.82 Å². The van der Waals surface area contributed by atoms with Crippen LogP contribution in [-0.2, 0) is 13.1 Å². The average molecular weight is 359 g/mol. The predicted octanol–water partition coefficient (Wildman–Crippen LogP) is 4.14. The number of aromatic nitrogens is 4. The summed E-state index contributed by atoms with van der Waals surface area (Å²) in [6.07, 6.45) is 1.72. The molecule has 0 fully saturated rings. The number of nitrogens with zero attached hydrogens (tertiary/aromatic N) is 4. The Hall–Kier alpha value is -3.54. The molecule has 0 unspecified atom stereocenters. The smallest absolute Gasteiger partial charge is 0.222 e. The lowest BCUT2D eigenvalue weighted by Gasteiger charge is -2.08. The lowest BCUT2D eigenvalue weighted by Crippen LogP contribution is -2.09. The molecule has 27 heavy (non-hydrogen) atoms. The molecule has 0 saturated heterocycles. The summed E-state index contributed by atoms with van der Waals surface area (Å²) in [5, 5.41) is 7.92. The van der Waals surface area contributed by atoms with Crippen LogP contribution in [0.25, 0.3) is 11.5 Å². The Morgan fingerprint density at radius 2 is 1.63 bits per heavy atom. The van der Waals surface area contributed by atoms with Crippen molar-refractivity contribution in [2.45, 2.75) is 13.1 Å². The molecule has 1 N–H and O–H groups in total. The third-order valence-electron chi connectivity index (χ3n) is 4.10. The van der Waals surface area contributed by atoms with Gasteiger partial charge in [0.1, 0.15) is 11.5 Å². The highest BCUT2D eigenvalue weighted by atomic mass is 19.1. The Morgan fingerprint density at radius 3 is 2.37 bits per heavy atom. The number of rotatable bonds is 6. The van der Waals surface area contributed by atoms with E-state index in [0.29, 0.717) is 30.6 Å². The average Bonchev–Trinajstić information content (AvgIpc) is 3.12. The van der Waals surface area contributed by atoms with Crippen LogP contribution in [0.4, 0.5) is 10.3 Å². The van der Waals surface area contributed by atoms with Gasteiger partial charge >= 0.3 is 0 Å². The van der Waals surface area contributed by atoms with Crippen LogP contribution in [0.1, 0.15) is 11.1 Å². The maximum Gasteiger partial charge on any atom is 0.222 e. The second kappa shape index (κ2) is 7.78. The molecule has 0 amide bonds. The molecule has 2 aromatic heterocycles. The van der Waals surface area contributed by atoms with E-state index in [2.05, 4.69) is 20.4 Å². The van der Waals surface area contributed by atoms with Gasteiger partial charge in [0.2, 0.25) is 11.8 Å². The molecule has 134 valence electrons. The summed E-state index contributed by atoms with van der Waals surface area (Å²) >= 11 is 0. The van der Waals surface area contributed by atoms with Gasteiger partial charge in [0.05, 0.1) is 6.54 Å². The van der Waals surface area contributed by atoms with E-state index in [1.807, 2.05) is 53.2 Å². The normalized spacial score (nSPS) is 10.7. The molecule has 2 aromatic carbocycles. The molecule has 6 heteroatoms. The summed E-state index contributed by atoms with van der Waals surface area (Å²) in [7, 11) is 0. The van der Waals surface area contributed by atoms with Gasteiger partial charge in [-0.05, 0) is 35.4 Å². The van der Waals surface area contributed by atoms with Gasteiger partial charge in [-0.3, -0.25) is 4.98 Å². The fourth-order valence-electron chi connectivity index (χ4n) is 2.73. The van der Waals surface area contributed by atoms with E-state index >= 15 is 0 Å². The first-order valence-electron chi connectivity index (χ1n) is 8.66. The minimum atomic E-state index is -0.247. The molecule has 0 aliphatic heterocycles. The highest BCUT2D eigenvalue weighted by molar-refractivity contribution is 5.51. The first kappa shape index (κ1) is 16.9. The van der Waals surface area contributed by atoms with Crippen molar-refractivity contribution in [3.63, 3.8) is 0 Å². The molecule has 0 aliphatic carbocycles. The van der Waals surface area contributed by atoms with E-state index in [4.69, 9.17) is 0 Å². The van der Waals surface area contributed by atoms with E-state index in [1.54, 1.807) is 18.3 Å². The van der Waals surface area contributed by atoms with E-state index in [-0.39, 0.29) is 5.82 Å². The van der Waals surface area contributed by atoms with Crippen LogP contribution in [0.2, 0.25) is 0 Å². The molecule has 0 radical (unpaired) electrons. The van der Waals surface area contributed by atoms with E-state index in [0.717, 1.165) is 11.1 Å². The highest BCUT2D eigenvalue weighted by Crippen LogP contribution is 2.17. The Morgan fingerprint density at radius 1 is 0.852 bits per heavy atom. The monoisotopic (exact) mass is 359 g/mol. The Labute approximate surface area is 156 Å². The first-order chi connectivity index (χ1) is 13.3. The van der Waals surface area contributed by atoms with Gasteiger partial charge < -0.3 is 5.32 Å². The van der Waals surface area contributed by atoms with Crippen molar-refractivity contribution in [1.29, 1.82) is 0 Å². The van der Waals surface area contributed by atoms with Crippen molar-refractivity contribution in [3.8, 4) is 11.5 Å². The number of hydrogen-bond donors (Lipinski definition) is 1. The molecule has 2 heterocycles. The second-order valence-corrected chi connectivity index (χ2v) is 6.10. The van der Waals surface area contributed by atoms with Gasteiger partial charge in [-0.25, -0.2) is 9.07 Å². The summed E-state index contributed by atoms with van der Waals surface area (Å²) in [6, 6.07) is 22.1. The number of anilines is 1. The van der Waals surface area contributed by atoms with Crippen LogP contribution in [-0.4, -0.2) is 19.7 Å². The number of nitrogens with one attached hydrogen (secondary N) is 1. The first-order valence-corrected chi connectivity index (χ1v) is 8.66. The fourth-order valence-corrected chi connectivity index (χ4v) is 2.73. The summed E-state index contributed by atoms with van der Waals surface area (Å²) in [5.74, 6) is 0.959. The van der Waals surface area contributed by atoms with Crippen LogP contribution in [0.15, 0.2) is 79.0 Å². The maximum atomic E-state index is 13.1. The predicted molar refractivity (Wildman–Crippen MR) is 103 cm³/mol. The van der Waals surface area contributed by atoms with Crippen LogP contribution >= 0.6 is 0 Å². The molecule has 0 saturated carbocycles. The standard InChI is InChI=1S/C21H18FN5/c22-18-11-9-16(10-12-18)14-24-21-25-20(19-8-4-5-13-23-19)26-27(21)15-17-6-2-1-3-7-17/h1-13H,14-15H2,(H,24,25,26). The van der Waals surface area contributed by atoms with Crippen molar-refractivity contribution < 1.29 is 4.39 Å². The van der Waals surface area contributed by atoms with E-state index in [9.17, 15) is 4.39 Å². The molecule has 0 aliphatic rings. The van der Waals surface area contributed by atoms with Crippen molar-refractivity contribution in [1.82, 2.24) is 19.7 Å². The number of pyridine rings is 1. The summed E-state index contributed by atoms with van der Waals surface area (Å²) < 4.78 is 14.9. The topological polar surface area (TPSA) is 55.6 Å². The summed E-state index contributed by atoms with van der Waals surface area (Å²) in [5.41, 5.74) is 2.80. The van der Waals surface area contributed by atoms with E-state index < -0.39 is 0 Å². The molecule has 0 atom stereocenters. The van der Waals surface area contributed by atoms with Gasteiger partial charge in [-0.1, -0.05) is 48.5 Å². The van der Waals surface area contributed by atoms with Crippen LogP contribution in [0.3, 0.4) is 0 Å². The highest BCUT2D eigenvalue weighted by Gasteiger charge is 2.12. The zero-order chi connectivity index (χ0) is 18.5. The van der Waals surface area contributed by atoms with E-state index in [1.165, 1.54) is 12.1 Å². The summed E-state index contributed by atoms with van der Waals surface area (Å²) in [4.78, 5) is 8.94. The summed E-state index contributed by atoms with van der Waals surface area (Å²) in [6.45, 7) is 1.11. The SMILES string of the molecule is Fc1ccc(CNc2nc(-c3ccccn3)nn2Cc2ccccc2)cc1. The Bertz CT molecular complexity index is 998. The zero-order valence-corrected chi connectivity index (χ0v) is 14.6. The molecular formula is C21H18FN5. The zero-order valence-electron chi connectivity index (χ0n) is 14.6. The second-order valence-electron chi connectivity index (χ2n) is 6.10. The third-order valence-corrected chi connectivity index (χ3v) is 4.10. The molecule has 4 rings (SSSR count). The minimum Gasteiger partial charge on any atom is -0.350 e. The molecular weight excluding hydrogens is 341 g/mol. The molecule has 4 aromatic rings. The maximum absolute atomic E-state index is 13.1. The van der Waals surface area contributed by atoms with Gasteiger partial charge in [-0.2, -0.15) is 4.98 Å².